The van der Waals surface area contributed by atoms with Crippen molar-refractivity contribution in [3.63, 3.8) is 0 Å². The van der Waals surface area contributed by atoms with Crippen LogP contribution >= 0.6 is 0 Å². The fraction of sp³-hybridized carbons (Fsp3) is 0.857. The lowest BCUT2D eigenvalue weighted by Gasteiger charge is -2.13. The molecule has 1 unspecified atom stereocenters. The Kier molecular flexibility index (Phi) is 5.79. The van der Waals surface area contributed by atoms with Gasteiger partial charge in [-0.05, 0) is 19.3 Å². The number of ether oxygens (including phenoxy) is 1. The molecule has 1 aliphatic heterocycles. The predicted molar refractivity (Wildman–Crippen MR) is 72.6 cm³/mol. The molecule has 0 bridgehead atoms. The van der Waals surface area contributed by atoms with Gasteiger partial charge in [0.1, 0.15) is 11.8 Å². The van der Waals surface area contributed by atoms with E-state index in [0.717, 1.165) is 38.1 Å². The summed E-state index contributed by atoms with van der Waals surface area (Å²) < 4.78 is 7.65. The molecule has 2 heterocycles. The van der Waals surface area contributed by atoms with Gasteiger partial charge in [-0.1, -0.05) is 37.8 Å². The van der Waals surface area contributed by atoms with E-state index in [9.17, 15) is 5.11 Å². The largest absolute Gasteiger partial charge is 0.390 e. The zero-order valence-corrected chi connectivity index (χ0v) is 11.8. The minimum Gasteiger partial charge on any atom is -0.390 e. The van der Waals surface area contributed by atoms with Crippen molar-refractivity contribution >= 4 is 0 Å². The first-order chi connectivity index (χ1) is 9.36. The fourth-order valence-corrected chi connectivity index (χ4v) is 2.64. The van der Waals surface area contributed by atoms with Gasteiger partial charge < -0.3 is 9.84 Å². The third-order valence-corrected chi connectivity index (χ3v) is 3.71. The van der Waals surface area contributed by atoms with E-state index < -0.39 is 0 Å². The minimum absolute atomic E-state index is 0.0506. The van der Waals surface area contributed by atoms with Crippen LogP contribution in [0.5, 0.6) is 0 Å². The van der Waals surface area contributed by atoms with Crippen LogP contribution < -0.4 is 0 Å². The number of unbranched alkanes of at least 4 members (excludes halogenated alkanes) is 4. The van der Waals surface area contributed by atoms with E-state index in [0.29, 0.717) is 5.69 Å². The van der Waals surface area contributed by atoms with Crippen LogP contribution in [-0.4, -0.2) is 26.7 Å². The number of aromatic nitrogens is 3. The molecule has 0 saturated carbocycles. The number of nitrogens with zero attached hydrogens (tertiary/aromatic N) is 3. The number of rotatable bonds is 8. The van der Waals surface area contributed by atoms with E-state index in [1.807, 2.05) is 4.68 Å². The molecule has 1 aliphatic rings. The van der Waals surface area contributed by atoms with Crippen molar-refractivity contribution in [1.29, 1.82) is 0 Å². The summed E-state index contributed by atoms with van der Waals surface area (Å²) in [5.74, 6) is 0. The van der Waals surface area contributed by atoms with Crippen molar-refractivity contribution in [1.82, 2.24) is 15.0 Å². The summed E-state index contributed by atoms with van der Waals surface area (Å²) in [5.41, 5.74) is 1.68. The van der Waals surface area contributed by atoms with Gasteiger partial charge in [0, 0.05) is 13.2 Å². The van der Waals surface area contributed by atoms with Crippen molar-refractivity contribution in [2.75, 3.05) is 6.61 Å². The van der Waals surface area contributed by atoms with Gasteiger partial charge >= 0.3 is 0 Å². The molecule has 1 saturated heterocycles. The van der Waals surface area contributed by atoms with Gasteiger partial charge in [-0.25, -0.2) is 4.68 Å². The van der Waals surface area contributed by atoms with Gasteiger partial charge in [0.15, 0.2) is 0 Å². The van der Waals surface area contributed by atoms with Crippen molar-refractivity contribution in [2.45, 2.75) is 71.1 Å². The highest BCUT2D eigenvalue weighted by atomic mass is 16.5. The van der Waals surface area contributed by atoms with Crippen LogP contribution in [0.15, 0.2) is 0 Å². The van der Waals surface area contributed by atoms with E-state index in [1.54, 1.807) is 0 Å². The Balaban J connectivity index is 1.93. The maximum Gasteiger partial charge on any atom is 0.114 e. The van der Waals surface area contributed by atoms with Gasteiger partial charge in [-0.3, -0.25) is 0 Å². The van der Waals surface area contributed by atoms with Crippen LogP contribution in [0.2, 0.25) is 0 Å². The zero-order chi connectivity index (χ0) is 13.5. The van der Waals surface area contributed by atoms with E-state index in [2.05, 4.69) is 17.2 Å². The second-order valence-corrected chi connectivity index (χ2v) is 5.22. The van der Waals surface area contributed by atoms with Gasteiger partial charge in [0.2, 0.25) is 0 Å². The molecule has 1 atom stereocenters. The molecule has 0 spiro atoms. The fourth-order valence-electron chi connectivity index (χ4n) is 2.64. The maximum absolute atomic E-state index is 9.36. The third kappa shape index (κ3) is 3.76. The minimum atomic E-state index is -0.0506. The molecule has 0 amide bonds. The highest BCUT2D eigenvalue weighted by Crippen LogP contribution is 2.30. The number of hydrogen-bond donors (Lipinski definition) is 1. The molecular formula is C14H25N3O2. The Bertz CT molecular complexity index is 373. The van der Waals surface area contributed by atoms with Crippen molar-refractivity contribution in [2.24, 2.45) is 0 Å². The molecule has 19 heavy (non-hydrogen) atoms. The summed E-state index contributed by atoms with van der Waals surface area (Å²) in [6.45, 7) is 3.86. The molecule has 0 radical (unpaired) electrons. The molecule has 0 aromatic carbocycles. The second kappa shape index (κ2) is 7.60. The molecule has 5 heteroatoms. The summed E-state index contributed by atoms with van der Waals surface area (Å²) in [6, 6.07) is 0. The summed E-state index contributed by atoms with van der Waals surface area (Å²) in [5, 5.41) is 17.6. The Hall–Kier alpha value is -0.940. The molecular weight excluding hydrogens is 242 g/mol. The first-order valence-electron chi connectivity index (χ1n) is 7.51. The Labute approximate surface area is 115 Å². The Morgan fingerprint density at radius 3 is 2.84 bits per heavy atom. The number of aliphatic hydroxyl groups is 1. The van der Waals surface area contributed by atoms with Gasteiger partial charge in [-0.2, -0.15) is 0 Å². The quantitative estimate of drug-likeness (QED) is 0.735. The lowest BCUT2D eigenvalue weighted by molar-refractivity contribution is 0.102. The summed E-state index contributed by atoms with van der Waals surface area (Å²) in [6.07, 6.45) is 8.37. The first-order valence-corrected chi connectivity index (χ1v) is 7.51. The average molecular weight is 267 g/mol. The van der Waals surface area contributed by atoms with E-state index in [4.69, 9.17) is 4.74 Å². The van der Waals surface area contributed by atoms with Crippen molar-refractivity contribution in [3.05, 3.63) is 11.4 Å². The van der Waals surface area contributed by atoms with E-state index in [-0.39, 0.29) is 12.7 Å². The standard InChI is InChI=1S/C14H25N3O2/c1-2-3-4-5-6-9-17-14(12(11-18)15-16-17)13-8-7-10-19-13/h13,18H,2-11H2,1H3. The van der Waals surface area contributed by atoms with Gasteiger partial charge in [-0.15, -0.1) is 5.10 Å². The molecule has 1 N–H and O–H groups in total. The van der Waals surface area contributed by atoms with Gasteiger partial charge in [0.25, 0.3) is 0 Å². The van der Waals surface area contributed by atoms with Gasteiger partial charge in [0.05, 0.1) is 12.3 Å². The van der Waals surface area contributed by atoms with Crippen LogP contribution in [-0.2, 0) is 17.9 Å². The second-order valence-electron chi connectivity index (χ2n) is 5.22. The molecule has 1 aromatic heterocycles. The lowest BCUT2D eigenvalue weighted by Crippen LogP contribution is -2.11. The number of aryl methyl sites for hydroxylation is 1. The van der Waals surface area contributed by atoms with Crippen LogP contribution in [0.3, 0.4) is 0 Å². The van der Waals surface area contributed by atoms with Crippen molar-refractivity contribution in [3.8, 4) is 0 Å². The summed E-state index contributed by atoms with van der Waals surface area (Å²) in [4.78, 5) is 0. The zero-order valence-electron chi connectivity index (χ0n) is 11.8. The highest BCUT2D eigenvalue weighted by molar-refractivity contribution is 5.13. The van der Waals surface area contributed by atoms with Crippen LogP contribution in [0.4, 0.5) is 0 Å². The molecule has 1 aromatic rings. The Morgan fingerprint density at radius 1 is 1.32 bits per heavy atom. The third-order valence-electron chi connectivity index (χ3n) is 3.71. The molecule has 2 rings (SSSR count). The van der Waals surface area contributed by atoms with Crippen LogP contribution in [0.25, 0.3) is 0 Å². The molecule has 108 valence electrons. The maximum atomic E-state index is 9.36. The van der Waals surface area contributed by atoms with E-state index in [1.165, 1.54) is 25.7 Å². The molecule has 5 nitrogen and oxygen atoms in total. The topological polar surface area (TPSA) is 60.2 Å². The van der Waals surface area contributed by atoms with E-state index >= 15 is 0 Å². The Morgan fingerprint density at radius 2 is 2.16 bits per heavy atom. The average Bonchev–Trinajstić information content (AvgIpc) is 3.06. The molecule has 1 fully saturated rings. The summed E-state index contributed by atoms with van der Waals surface area (Å²) in [7, 11) is 0. The smallest absolute Gasteiger partial charge is 0.114 e. The highest BCUT2D eigenvalue weighted by Gasteiger charge is 2.25. The monoisotopic (exact) mass is 267 g/mol. The summed E-state index contributed by atoms with van der Waals surface area (Å²) >= 11 is 0. The van der Waals surface area contributed by atoms with Crippen LogP contribution in [0, 0.1) is 0 Å². The van der Waals surface area contributed by atoms with Crippen LogP contribution in [0.1, 0.15) is 69.4 Å². The number of hydrogen-bond acceptors (Lipinski definition) is 4. The normalized spacial score (nSPS) is 19.2. The number of aliphatic hydroxyl groups excluding tert-OH is 1. The predicted octanol–water partition coefficient (Wildman–Crippen LogP) is 2.59. The molecule has 0 aliphatic carbocycles. The lowest BCUT2D eigenvalue weighted by atomic mass is 10.1. The first kappa shape index (κ1) is 14.5. The van der Waals surface area contributed by atoms with Crippen molar-refractivity contribution < 1.29 is 9.84 Å². The SMILES string of the molecule is CCCCCCCn1nnc(CO)c1C1CCCO1.